The van der Waals surface area contributed by atoms with Gasteiger partial charge in [0.15, 0.2) is 0 Å². The fourth-order valence-corrected chi connectivity index (χ4v) is 2.45. The van der Waals surface area contributed by atoms with Crippen LogP contribution in [0.4, 0.5) is 5.69 Å². The molecule has 0 spiro atoms. The number of Topliss-reactive ketones (excluding diaryl/α,β-unsaturated/α-hetero) is 1. The highest BCUT2D eigenvalue weighted by atomic mass is 16.5. The van der Waals surface area contributed by atoms with Crippen LogP contribution >= 0.6 is 0 Å². The van der Waals surface area contributed by atoms with Crippen LogP contribution in [0.2, 0.25) is 0 Å². The Balaban J connectivity index is 1.96. The Morgan fingerprint density at radius 3 is 2.11 bits per heavy atom. The van der Waals surface area contributed by atoms with Crippen molar-refractivity contribution in [2.45, 2.75) is 25.3 Å². The van der Waals surface area contributed by atoms with Crippen LogP contribution in [0.25, 0.3) is 0 Å². The van der Waals surface area contributed by atoms with Gasteiger partial charge in [0.1, 0.15) is 23.3 Å². The first kappa shape index (κ1) is 21.0. The number of ketones is 1. The smallest absolute Gasteiger partial charge is 0.328 e. The molecule has 0 saturated heterocycles. The van der Waals surface area contributed by atoms with Crippen LogP contribution in [-0.4, -0.2) is 38.0 Å². The molecule has 0 heterocycles. The number of benzene rings is 2. The van der Waals surface area contributed by atoms with Gasteiger partial charge in [0.25, 0.3) is 0 Å². The Bertz CT molecular complexity index is 788. The van der Waals surface area contributed by atoms with Crippen molar-refractivity contribution in [2.24, 2.45) is 0 Å². The van der Waals surface area contributed by atoms with E-state index in [1.165, 1.54) is 14.2 Å². The lowest BCUT2D eigenvalue weighted by molar-refractivity contribution is -0.143. The molecule has 0 aliphatic heterocycles. The van der Waals surface area contributed by atoms with Gasteiger partial charge in [-0.25, -0.2) is 4.79 Å². The number of esters is 2. The highest BCUT2D eigenvalue weighted by Gasteiger charge is 2.23. The van der Waals surface area contributed by atoms with Gasteiger partial charge in [-0.05, 0) is 36.4 Å². The van der Waals surface area contributed by atoms with Crippen molar-refractivity contribution >= 4 is 23.4 Å². The van der Waals surface area contributed by atoms with Gasteiger partial charge < -0.3 is 19.5 Å². The molecule has 28 heavy (non-hydrogen) atoms. The first-order valence-electron chi connectivity index (χ1n) is 8.77. The van der Waals surface area contributed by atoms with Crippen molar-refractivity contribution in [1.82, 2.24) is 0 Å². The molecule has 7 nitrogen and oxygen atoms in total. The molecule has 2 aromatic carbocycles. The maximum atomic E-state index is 12.1. The van der Waals surface area contributed by atoms with E-state index in [0.717, 1.165) is 0 Å². The molecule has 0 aliphatic carbocycles. The molecule has 0 bridgehead atoms. The van der Waals surface area contributed by atoms with Crippen LogP contribution in [0.5, 0.6) is 11.5 Å². The number of para-hydroxylation sites is 1. The molecular weight excluding hydrogens is 362 g/mol. The van der Waals surface area contributed by atoms with Crippen LogP contribution < -0.4 is 10.1 Å². The van der Waals surface area contributed by atoms with Crippen molar-refractivity contribution in [3.63, 3.8) is 0 Å². The summed E-state index contributed by atoms with van der Waals surface area (Å²) in [6.07, 6.45) is -0.105. The minimum absolute atomic E-state index is 0.00566. The van der Waals surface area contributed by atoms with E-state index in [1.807, 2.05) is 30.3 Å². The highest BCUT2D eigenvalue weighted by Crippen LogP contribution is 2.23. The molecule has 1 N–H and O–H groups in total. The van der Waals surface area contributed by atoms with Crippen molar-refractivity contribution in [1.29, 1.82) is 0 Å². The van der Waals surface area contributed by atoms with Gasteiger partial charge in [0, 0.05) is 18.5 Å². The fraction of sp³-hybridized carbons (Fsp3) is 0.286. The zero-order valence-corrected chi connectivity index (χ0v) is 15.8. The number of methoxy groups -OCH3 is 2. The molecule has 1 atom stereocenters. The lowest BCUT2D eigenvalue weighted by atomic mass is 10.1. The fourth-order valence-electron chi connectivity index (χ4n) is 2.45. The van der Waals surface area contributed by atoms with E-state index in [1.54, 1.807) is 24.3 Å². The molecule has 0 saturated carbocycles. The Hall–Kier alpha value is -3.35. The van der Waals surface area contributed by atoms with E-state index in [-0.39, 0.29) is 25.0 Å². The summed E-state index contributed by atoms with van der Waals surface area (Å²) in [5.41, 5.74) is 0.636. The van der Waals surface area contributed by atoms with Gasteiger partial charge in [-0.2, -0.15) is 0 Å². The van der Waals surface area contributed by atoms with E-state index in [0.29, 0.717) is 17.2 Å². The number of nitrogens with one attached hydrogen (secondary N) is 1. The van der Waals surface area contributed by atoms with Crippen LogP contribution in [0, 0.1) is 0 Å². The van der Waals surface area contributed by atoms with Crippen LogP contribution in [0.15, 0.2) is 54.6 Å². The number of carbonyl (C=O) groups excluding carboxylic acids is 3. The molecule has 148 valence electrons. The molecule has 1 unspecified atom stereocenters. The zero-order chi connectivity index (χ0) is 20.4. The summed E-state index contributed by atoms with van der Waals surface area (Å²) in [7, 11) is 2.52. The number of hydrogen-bond acceptors (Lipinski definition) is 7. The topological polar surface area (TPSA) is 90.9 Å². The Morgan fingerprint density at radius 2 is 1.50 bits per heavy atom. The molecule has 0 amide bonds. The number of rotatable bonds is 10. The van der Waals surface area contributed by atoms with Gasteiger partial charge in [0.2, 0.25) is 0 Å². The maximum absolute atomic E-state index is 12.1. The third-order valence-electron chi connectivity index (χ3n) is 3.93. The van der Waals surface area contributed by atoms with Crippen LogP contribution in [0.1, 0.15) is 19.3 Å². The van der Waals surface area contributed by atoms with Crippen LogP contribution in [-0.2, 0) is 23.9 Å². The van der Waals surface area contributed by atoms with Gasteiger partial charge in [-0.15, -0.1) is 0 Å². The summed E-state index contributed by atoms with van der Waals surface area (Å²) in [5, 5.41) is 2.99. The summed E-state index contributed by atoms with van der Waals surface area (Å²) >= 11 is 0. The van der Waals surface area contributed by atoms with E-state index < -0.39 is 18.0 Å². The Kier molecular flexibility index (Phi) is 8.02. The largest absolute Gasteiger partial charge is 0.469 e. The molecule has 2 aromatic rings. The number of ether oxygens (including phenoxy) is 3. The lowest BCUT2D eigenvalue weighted by Crippen LogP contribution is -2.33. The average molecular weight is 385 g/mol. The van der Waals surface area contributed by atoms with Gasteiger partial charge >= 0.3 is 11.9 Å². The number of anilines is 1. The van der Waals surface area contributed by atoms with Crippen molar-refractivity contribution in [3.05, 3.63) is 54.6 Å². The monoisotopic (exact) mass is 385 g/mol. The number of hydrogen-bond donors (Lipinski definition) is 1. The highest BCUT2D eigenvalue weighted by molar-refractivity contribution is 5.89. The van der Waals surface area contributed by atoms with E-state index >= 15 is 0 Å². The minimum Gasteiger partial charge on any atom is -0.469 e. The van der Waals surface area contributed by atoms with Crippen LogP contribution in [0.3, 0.4) is 0 Å². The third-order valence-corrected chi connectivity index (χ3v) is 3.93. The second-order valence-electron chi connectivity index (χ2n) is 5.98. The summed E-state index contributed by atoms with van der Waals surface area (Å²) in [6, 6.07) is 15.5. The Labute approximate surface area is 163 Å². The molecular formula is C21H23NO6. The van der Waals surface area contributed by atoms with Gasteiger partial charge in [-0.3, -0.25) is 9.59 Å². The van der Waals surface area contributed by atoms with Crippen molar-refractivity contribution in [3.8, 4) is 11.5 Å². The molecule has 0 aromatic heterocycles. The molecule has 0 fully saturated rings. The predicted molar refractivity (Wildman–Crippen MR) is 103 cm³/mol. The summed E-state index contributed by atoms with van der Waals surface area (Å²) < 4.78 is 15.0. The minimum atomic E-state index is -0.851. The average Bonchev–Trinajstić information content (AvgIpc) is 2.73. The Morgan fingerprint density at radius 1 is 0.857 bits per heavy atom. The second kappa shape index (κ2) is 10.7. The van der Waals surface area contributed by atoms with E-state index in [4.69, 9.17) is 9.47 Å². The zero-order valence-electron chi connectivity index (χ0n) is 15.8. The molecule has 0 aliphatic rings. The quantitative estimate of drug-likeness (QED) is 0.627. The standard InChI is InChI=1S/C21H23NO6/c1-26-20(24)13-10-16(23)14-19(21(25)27-2)22-15-8-11-18(12-9-15)28-17-6-4-3-5-7-17/h3-9,11-12,19,22H,10,13-14H2,1-2H3. The van der Waals surface area contributed by atoms with E-state index in [2.05, 4.69) is 10.1 Å². The second-order valence-corrected chi connectivity index (χ2v) is 5.98. The predicted octanol–water partition coefficient (Wildman–Crippen LogP) is 3.34. The van der Waals surface area contributed by atoms with Gasteiger partial charge in [-0.1, -0.05) is 18.2 Å². The summed E-state index contributed by atoms with van der Waals surface area (Å²) in [5.74, 6) is 0.0886. The lowest BCUT2D eigenvalue weighted by Gasteiger charge is -2.17. The SMILES string of the molecule is COC(=O)CCC(=O)CC(Nc1ccc(Oc2ccccc2)cc1)C(=O)OC. The van der Waals surface area contributed by atoms with Crippen molar-refractivity contribution in [2.75, 3.05) is 19.5 Å². The van der Waals surface area contributed by atoms with Crippen molar-refractivity contribution < 1.29 is 28.6 Å². The third kappa shape index (κ3) is 6.75. The first-order chi connectivity index (χ1) is 13.5. The van der Waals surface area contributed by atoms with Gasteiger partial charge in [0.05, 0.1) is 20.6 Å². The number of carbonyl (C=O) groups is 3. The molecule has 7 heteroatoms. The maximum Gasteiger partial charge on any atom is 0.328 e. The first-order valence-corrected chi connectivity index (χ1v) is 8.77. The molecule has 2 rings (SSSR count). The summed E-state index contributed by atoms with van der Waals surface area (Å²) in [6.45, 7) is 0. The molecule has 0 radical (unpaired) electrons. The normalized spacial score (nSPS) is 11.2. The summed E-state index contributed by atoms with van der Waals surface area (Å²) in [4.78, 5) is 35.2. The van der Waals surface area contributed by atoms with E-state index in [9.17, 15) is 14.4 Å².